The predicted molar refractivity (Wildman–Crippen MR) is 77.0 cm³/mol. The molecule has 2 aromatic rings. The number of rotatable bonds is 6. The zero-order valence-electron chi connectivity index (χ0n) is 12.6. The van der Waals surface area contributed by atoms with Gasteiger partial charge in [0, 0.05) is 12.6 Å². The van der Waals surface area contributed by atoms with E-state index in [1.54, 1.807) is 11.1 Å². The third-order valence-corrected chi connectivity index (χ3v) is 3.16. The zero-order chi connectivity index (χ0) is 15.4. The topological polar surface area (TPSA) is 90.2 Å². The molecule has 2 aromatic heterocycles. The molecule has 0 atom stereocenters. The van der Waals surface area contributed by atoms with Gasteiger partial charge in [-0.1, -0.05) is 5.21 Å². The molecule has 0 bridgehead atoms. The van der Waals surface area contributed by atoms with Crippen molar-refractivity contribution in [3.05, 3.63) is 35.5 Å². The van der Waals surface area contributed by atoms with Crippen LogP contribution in [-0.2, 0) is 24.4 Å². The van der Waals surface area contributed by atoms with Crippen LogP contribution in [0.3, 0.4) is 0 Å². The number of furan rings is 1. The highest BCUT2D eigenvalue weighted by molar-refractivity contribution is 5.76. The van der Waals surface area contributed by atoms with Crippen LogP contribution >= 0.6 is 0 Å². The standard InChI is InChI=1S/C14H21N5O2/c1-10(2)19(8-13-5-4-11(3)21-13)14(20)9-18-7-12(6-15)16-17-18/h4-5,7,10H,6,8-9,15H2,1-3H3. The van der Waals surface area contributed by atoms with Crippen LogP contribution < -0.4 is 5.73 Å². The molecule has 7 heteroatoms. The summed E-state index contributed by atoms with van der Waals surface area (Å²) in [6, 6.07) is 3.85. The van der Waals surface area contributed by atoms with E-state index in [-0.39, 0.29) is 18.5 Å². The number of nitrogens with zero attached hydrogens (tertiary/aromatic N) is 4. The van der Waals surface area contributed by atoms with Gasteiger partial charge in [-0.2, -0.15) is 0 Å². The van der Waals surface area contributed by atoms with Crippen molar-refractivity contribution in [2.24, 2.45) is 5.73 Å². The van der Waals surface area contributed by atoms with Gasteiger partial charge in [-0.15, -0.1) is 5.10 Å². The second-order valence-corrected chi connectivity index (χ2v) is 5.24. The van der Waals surface area contributed by atoms with Crippen molar-refractivity contribution >= 4 is 5.91 Å². The summed E-state index contributed by atoms with van der Waals surface area (Å²) in [7, 11) is 0. The van der Waals surface area contributed by atoms with Crippen LogP contribution in [0.15, 0.2) is 22.7 Å². The predicted octanol–water partition coefficient (Wildman–Crippen LogP) is 1.08. The molecule has 114 valence electrons. The van der Waals surface area contributed by atoms with E-state index >= 15 is 0 Å². The van der Waals surface area contributed by atoms with Gasteiger partial charge in [0.2, 0.25) is 5.91 Å². The lowest BCUT2D eigenvalue weighted by Gasteiger charge is -2.25. The van der Waals surface area contributed by atoms with E-state index in [0.29, 0.717) is 18.8 Å². The highest BCUT2D eigenvalue weighted by Gasteiger charge is 2.19. The SMILES string of the molecule is Cc1ccc(CN(C(=O)Cn2cc(CN)nn2)C(C)C)o1. The lowest BCUT2D eigenvalue weighted by molar-refractivity contribution is -0.134. The molecule has 2 heterocycles. The fraction of sp³-hybridized carbons (Fsp3) is 0.500. The number of carbonyl (C=O) groups excluding carboxylic acids is 1. The van der Waals surface area contributed by atoms with Gasteiger partial charge in [-0.25, -0.2) is 4.68 Å². The van der Waals surface area contributed by atoms with E-state index < -0.39 is 0 Å². The normalized spacial score (nSPS) is 11.1. The summed E-state index contributed by atoms with van der Waals surface area (Å²) in [6.45, 7) is 6.73. The zero-order valence-corrected chi connectivity index (χ0v) is 12.6. The molecule has 0 aliphatic heterocycles. The van der Waals surface area contributed by atoms with E-state index in [0.717, 1.165) is 11.5 Å². The molecule has 2 rings (SSSR count). The first-order chi connectivity index (χ1) is 9.99. The number of hydrogen-bond acceptors (Lipinski definition) is 5. The number of hydrogen-bond donors (Lipinski definition) is 1. The Labute approximate surface area is 123 Å². The van der Waals surface area contributed by atoms with Crippen molar-refractivity contribution < 1.29 is 9.21 Å². The van der Waals surface area contributed by atoms with Crippen molar-refractivity contribution in [2.45, 2.75) is 46.4 Å². The third-order valence-electron chi connectivity index (χ3n) is 3.16. The van der Waals surface area contributed by atoms with Crippen molar-refractivity contribution in [1.82, 2.24) is 19.9 Å². The molecule has 0 saturated carbocycles. The molecular formula is C14H21N5O2. The number of amides is 1. The van der Waals surface area contributed by atoms with E-state index in [1.165, 1.54) is 4.68 Å². The lowest BCUT2D eigenvalue weighted by Crippen LogP contribution is -2.38. The molecule has 0 radical (unpaired) electrons. The van der Waals surface area contributed by atoms with Crippen LogP contribution in [0.4, 0.5) is 0 Å². The van der Waals surface area contributed by atoms with Crippen LogP contribution in [0.2, 0.25) is 0 Å². The minimum Gasteiger partial charge on any atom is -0.464 e. The van der Waals surface area contributed by atoms with E-state index in [9.17, 15) is 4.79 Å². The Balaban J connectivity index is 2.04. The van der Waals surface area contributed by atoms with Crippen LogP contribution in [0.1, 0.15) is 31.1 Å². The Morgan fingerprint density at radius 3 is 2.76 bits per heavy atom. The van der Waals surface area contributed by atoms with Crippen molar-refractivity contribution in [2.75, 3.05) is 0 Å². The summed E-state index contributed by atoms with van der Waals surface area (Å²) < 4.78 is 7.05. The molecule has 0 aromatic carbocycles. The number of carbonyl (C=O) groups is 1. The first-order valence-electron chi connectivity index (χ1n) is 6.93. The average Bonchev–Trinajstić information content (AvgIpc) is 3.04. The summed E-state index contributed by atoms with van der Waals surface area (Å²) in [4.78, 5) is 14.2. The minimum atomic E-state index is -0.0347. The first-order valence-corrected chi connectivity index (χ1v) is 6.93. The highest BCUT2D eigenvalue weighted by Crippen LogP contribution is 2.12. The fourth-order valence-electron chi connectivity index (χ4n) is 2.04. The van der Waals surface area contributed by atoms with Crippen molar-refractivity contribution in [3.8, 4) is 0 Å². The molecule has 0 aliphatic rings. The van der Waals surface area contributed by atoms with Crippen LogP contribution in [-0.4, -0.2) is 31.8 Å². The van der Waals surface area contributed by atoms with Gasteiger partial charge in [-0.3, -0.25) is 4.79 Å². The van der Waals surface area contributed by atoms with Crippen LogP contribution in [0.25, 0.3) is 0 Å². The number of nitrogens with two attached hydrogens (primary N) is 1. The monoisotopic (exact) mass is 291 g/mol. The molecule has 21 heavy (non-hydrogen) atoms. The summed E-state index contributed by atoms with van der Waals surface area (Å²) in [5.41, 5.74) is 6.15. The van der Waals surface area contributed by atoms with Gasteiger partial charge in [0.15, 0.2) is 0 Å². The Bertz CT molecular complexity index is 602. The second kappa shape index (κ2) is 6.53. The molecule has 1 amide bonds. The van der Waals surface area contributed by atoms with E-state index in [4.69, 9.17) is 10.2 Å². The van der Waals surface area contributed by atoms with E-state index in [2.05, 4.69) is 10.3 Å². The largest absolute Gasteiger partial charge is 0.464 e. The molecule has 7 nitrogen and oxygen atoms in total. The molecule has 0 saturated heterocycles. The number of aryl methyl sites for hydroxylation is 1. The third kappa shape index (κ3) is 3.91. The van der Waals surface area contributed by atoms with Crippen molar-refractivity contribution in [3.63, 3.8) is 0 Å². The van der Waals surface area contributed by atoms with Crippen LogP contribution in [0, 0.1) is 6.92 Å². The van der Waals surface area contributed by atoms with Gasteiger partial charge in [0.1, 0.15) is 18.1 Å². The fourth-order valence-corrected chi connectivity index (χ4v) is 2.04. The maximum atomic E-state index is 12.4. The van der Waals surface area contributed by atoms with Gasteiger partial charge >= 0.3 is 0 Å². The highest BCUT2D eigenvalue weighted by atomic mass is 16.3. The molecule has 0 aliphatic carbocycles. The summed E-state index contributed by atoms with van der Waals surface area (Å²) >= 11 is 0. The lowest BCUT2D eigenvalue weighted by atomic mass is 10.3. The molecule has 2 N–H and O–H groups in total. The quantitative estimate of drug-likeness (QED) is 0.860. The Morgan fingerprint density at radius 2 is 2.24 bits per heavy atom. The van der Waals surface area contributed by atoms with E-state index in [1.807, 2.05) is 32.9 Å². The second-order valence-electron chi connectivity index (χ2n) is 5.24. The molecule has 0 fully saturated rings. The van der Waals surface area contributed by atoms with Crippen LogP contribution in [0.5, 0.6) is 0 Å². The first kappa shape index (κ1) is 15.2. The van der Waals surface area contributed by atoms with Gasteiger partial charge in [0.05, 0.1) is 18.4 Å². The minimum absolute atomic E-state index is 0.0347. The van der Waals surface area contributed by atoms with Gasteiger partial charge in [0.25, 0.3) is 0 Å². The summed E-state index contributed by atoms with van der Waals surface area (Å²) in [5, 5.41) is 7.77. The average molecular weight is 291 g/mol. The molecule has 0 spiro atoms. The number of aromatic nitrogens is 3. The Kier molecular flexibility index (Phi) is 4.74. The Morgan fingerprint density at radius 1 is 1.48 bits per heavy atom. The van der Waals surface area contributed by atoms with Gasteiger partial charge < -0.3 is 15.1 Å². The maximum absolute atomic E-state index is 12.4. The van der Waals surface area contributed by atoms with Gasteiger partial charge in [-0.05, 0) is 32.9 Å². The van der Waals surface area contributed by atoms with Crippen molar-refractivity contribution in [1.29, 1.82) is 0 Å². The molecular weight excluding hydrogens is 270 g/mol. The maximum Gasteiger partial charge on any atom is 0.245 e. The molecule has 0 unspecified atom stereocenters. The summed E-state index contributed by atoms with van der Waals surface area (Å²) in [5.74, 6) is 1.58. The Hall–Kier alpha value is -2.15. The smallest absolute Gasteiger partial charge is 0.245 e. The summed E-state index contributed by atoms with van der Waals surface area (Å²) in [6.07, 6.45) is 1.69.